The first kappa shape index (κ1) is 18.4. The van der Waals surface area contributed by atoms with E-state index in [2.05, 4.69) is 15.4 Å². The number of hydrogen-bond acceptors (Lipinski definition) is 5. The predicted octanol–water partition coefficient (Wildman–Crippen LogP) is 1.77. The van der Waals surface area contributed by atoms with Crippen LogP contribution in [0, 0.1) is 0 Å². The minimum absolute atomic E-state index is 0.0892. The second kappa shape index (κ2) is 7.86. The van der Waals surface area contributed by atoms with E-state index < -0.39 is 0 Å². The molecule has 0 atom stereocenters. The first-order valence-electron chi connectivity index (χ1n) is 8.79. The average Bonchev–Trinajstić information content (AvgIpc) is 2.91. The van der Waals surface area contributed by atoms with Gasteiger partial charge in [-0.15, -0.1) is 0 Å². The fraction of sp³-hybridized carbons (Fsp3) is 0.263. The Kier molecular flexibility index (Phi) is 5.35. The second-order valence-electron chi connectivity index (χ2n) is 6.02. The van der Waals surface area contributed by atoms with Gasteiger partial charge in [-0.2, -0.15) is 5.10 Å². The van der Waals surface area contributed by atoms with Gasteiger partial charge in [0.1, 0.15) is 11.8 Å². The van der Waals surface area contributed by atoms with Crippen LogP contribution in [0.1, 0.15) is 36.2 Å². The van der Waals surface area contributed by atoms with Gasteiger partial charge in [-0.25, -0.2) is 9.50 Å². The Balaban J connectivity index is 2.22. The first-order chi connectivity index (χ1) is 13.1. The van der Waals surface area contributed by atoms with Gasteiger partial charge in [0.25, 0.3) is 5.91 Å². The molecular formula is C19H22N6O2. The van der Waals surface area contributed by atoms with E-state index in [0.717, 1.165) is 11.3 Å². The molecule has 0 bridgehead atoms. The van der Waals surface area contributed by atoms with E-state index in [1.807, 2.05) is 38.2 Å². The van der Waals surface area contributed by atoms with E-state index in [1.54, 1.807) is 15.6 Å². The number of nitrogens with two attached hydrogens (primary N) is 1. The van der Waals surface area contributed by atoms with Crippen molar-refractivity contribution in [2.45, 2.75) is 20.3 Å². The Morgan fingerprint density at radius 2 is 2.15 bits per heavy atom. The van der Waals surface area contributed by atoms with E-state index in [1.165, 1.54) is 6.33 Å². The molecule has 0 aromatic carbocycles. The van der Waals surface area contributed by atoms with Crippen molar-refractivity contribution in [1.29, 1.82) is 0 Å². The lowest BCUT2D eigenvalue weighted by Gasteiger charge is -2.19. The summed E-state index contributed by atoms with van der Waals surface area (Å²) in [5.41, 5.74) is 9.47. The van der Waals surface area contributed by atoms with Crippen LogP contribution in [0.4, 0.5) is 5.82 Å². The van der Waals surface area contributed by atoms with Gasteiger partial charge in [-0.1, -0.05) is 18.2 Å². The number of nitrogen functional groups attached to an aromatic ring is 1. The van der Waals surface area contributed by atoms with Gasteiger partial charge in [0.05, 0.1) is 5.56 Å². The fourth-order valence-corrected chi connectivity index (χ4v) is 3.15. The van der Waals surface area contributed by atoms with Crippen LogP contribution in [-0.4, -0.2) is 44.9 Å². The minimum Gasteiger partial charge on any atom is -0.382 e. The maximum Gasteiger partial charge on any atom is 0.256 e. The second-order valence-corrected chi connectivity index (χ2v) is 6.02. The number of amides is 2. The number of hydrogen-bond donors (Lipinski definition) is 2. The van der Waals surface area contributed by atoms with Gasteiger partial charge >= 0.3 is 0 Å². The molecule has 8 nitrogen and oxygen atoms in total. The lowest BCUT2D eigenvalue weighted by Crippen LogP contribution is -2.30. The number of rotatable bonds is 6. The maximum absolute atomic E-state index is 13.1. The van der Waals surface area contributed by atoms with Gasteiger partial charge in [0.2, 0.25) is 6.41 Å². The van der Waals surface area contributed by atoms with Crippen LogP contribution in [0.25, 0.3) is 11.1 Å². The van der Waals surface area contributed by atoms with Crippen molar-refractivity contribution in [3.05, 3.63) is 53.7 Å². The van der Waals surface area contributed by atoms with Gasteiger partial charge in [0.15, 0.2) is 5.82 Å². The number of nitrogens with one attached hydrogen (secondary N) is 1. The molecule has 1 aliphatic carbocycles. The zero-order valence-corrected chi connectivity index (χ0v) is 15.3. The number of nitrogens with zero attached hydrogens (tertiary/aromatic N) is 4. The lowest BCUT2D eigenvalue weighted by atomic mass is 10.0. The highest BCUT2D eigenvalue weighted by molar-refractivity contribution is 6.05. The average molecular weight is 366 g/mol. The van der Waals surface area contributed by atoms with Crippen LogP contribution in [0.3, 0.4) is 0 Å². The first-order valence-corrected chi connectivity index (χ1v) is 8.79. The number of anilines is 1. The van der Waals surface area contributed by atoms with Crippen LogP contribution in [0.2, 0.25) is 0 Å². The highest BCUT2D eigenvalue weighted by Crippen LogP contribution is 2.31. The number of carbonyl (C=O) groups is 2. The molecule has 2 amide bonds. The third-order valence-corrected chi connectivity index (χ3v) is 4.52. The fourth-order valence-electron chi connectivity index (χ4n) is 3.15. The monoisotopic (exact) mass is 366 g/mol. The van der Waals surface area contributed by atoms with Crippen molar-refractivity contribution in [3.8, 4) is 0 Å². The van der Waals surface area contributed by atoms with Crippen molar-refractivity contribution in [3.63, 3.8) is 0 Å². The summed E-state index contributed by atoms with van der Waals surface area (Å²) in [4.78, 5) is 29.7. The Morgan fingerprint density at radius 3 is 2.85 bits per heavy atom. The third-order valence-electron chi connectivity index (χ3n) is 4.52. The Labute approximate surface area is 157 Å². The molecule has 2 heterocycles. The van der Waals surface area contributed by atoms with E-state index in [9.17, 15) is 9.59 Å². The lowest BCUT2D eigenvalue weighted by molar-refractivity contribution is -0.108. The van der Waals surface area contributed by atoms with Crippen LogP contribution >= 0.6 is 0 Å². The molecule has 3 N–H and O–H groups in total. The third kappa shape index (κ3) is 3.46. The highest BCUT2D eigenvalue weighted by Gasteiger charge is 2.24. The maximum atomic E-state index is 13.1. The normalized spacial score (nSPS) is 13.7. The van der Waals surface area contributed by atoms with Crippen LogP contribution < -0.4 is 11.1 Å². The standard InChI is InChI=1S/C19H22N6O2/c1-3-24(4-2)19(27)15-10-25-17(18(20)21-11-23-25)16(15)13-6-5-7-14(9-8-13)22-12-26/h5-6,8-12H,3-4,7H2,1-2H3,(H,22,26)(H2,20,21,23). The molecule has 0 radical (unpaired) electrons. The van der Waals surface area contributed by atoms with Crippen molar-refractivity contribution in [1.82, 2.24) is 24.8 Å². The predicted molar refractivity (Wildman–Crippen MR) is 104 cm³/mol. The Hall–Kier alpha value is -3.42. The van der Waals surface area contributed by atoms with E-state index >= 15 is 0 Å². The van der Waals surface area contributed by atoms with Crippen LogP contribution in [0.15, 0.2) is 42.5 Å². The van der Waals surface area contributed by atoms with E-state index in [-0.39, 0.29) is 5.91 Å². The molecule has 27 heavy (non-hydrogen) atoms. The molecule has 1 aliphatic rings. The number of carbonyl (C=O) groups excluding carboxylic acids is 2. The molecule has 2 aromatic heterocycles. The topological polar surface area (TPSA) is 106 Å². The Bertz CT molecular complexity index is 966. The number of fused-ring (bicyclic) bond motifs is 1. The summed E-state index contributed by atoms with van der Waals surface area (Å²) in [6.45, 7) is 5.08. The summed E-state index contributed by atoms with van der Waals surface area (Å²) in [6.07, 6.45) is 11.8. The zero-order chi connectivity index (χ0) is 19.4. The summed E-state index contributed by atoms with van der Waals surface area (Å²) in [6, 6.07) is 0. The van der Waals surface area contributed by atoms with Gasteiger partial charge in [-0.3, -0.25) is 9.59 Å². The number of aromatic nitrogens is 3. The molecule has 3 rings (SSSR count). The molecule has 0 saturated carbocycles. The summed E-state index contributed by atoms with van der Waals surface area (Å²) < 4.78 is 1.59. The van der Waals surface area contributed by atoms with E-state index in [4.69, 9.17) is 5.73 Å². The number of allylic oxidation sites excluding steroid dienone is 5. The van der Waals surface area contributed by atoms with Crippen LogP contribution in [0.5, 0.6) is 0 Å². The zero-order valence-electron chi connectivity index (χ0n) is 15.3. The molecule has 0 fully saturated rings. The van der Waals surface area contributed by atoms with Crippen LogP contribution in [-0.2, 0) is 4.79 Å². The summed E-state index contributed by atoms with van der Waals surface area (Å²) in [7, 11) is 0. The van der Waals surface area contributed by atoms with Gasteiger partial charge in [-0.05, 0) is 25.5 Å². The molecule has 2 aromatic rings. The smallest absolute Gasteiger partial charge is 0.256 e. The minimum atomic E-state index is -0.0892. The van der Waals surface area contributed by atoms with Crippen molar-refractivity contribution in [2.24, 2.45) is 0 Å². The molecular weight excluding hydrogens is 344 g/mol. The van der Waals surface area contributed by atoms with Crippen molar-refractivity contribution in [2.75, 3.05) is 18.8 Å². The molecule has 8 heteroatoms. The SMILES string of the molecule is CCN(CC)C(=O)c1cn2ncnc(N)c2c1C1=CC=C(NC=O)CC=C1. The van der Waals surface area contributed by atoms with E-state index in [0.29, 0.717) is 48.4 Å². The molecule has 0 saturated heterocycles. The summed E-state index contributed by atoms with van der Waals surface area (Å²) in [5.74, 6) is 0.209. The van der Waals surface area contributed by atoms with Crippen molar-refractivity contribution < 1.29 is 9.59 Å². The molecule has 0 aliphatic heterocycles. The van der Waals surface area contributed by atoms with Gasteiger partial charge < -0.3 is 16.0 Å². The molecule has 140 valence electrons. The highest BCUT2D eigenvalue weighted by atomic mass is 16.2. The quantitative estimate of drug-likeness (QED) is 0.758. The van der Waals surface area contributed by atoms with Gasteiger partial charge in [0, 0.05) is 37.0 Å². The summed E-state index contributed by atoms with van der Waals surface area (Å²) >= 11 is 0. The molecule has 0 unspecified atom stereocenters. The molecule has 0 spiro atoms. The summed E-state index contributed by atoms with van der Waals surface area (Å²) in [5, 5.41) is 6.88. The van der Waals surface area contributed by atoms with Crippen molar-refractivity contribution >= 4 is 29.2 Å². The Morgan fingerprint density at radius 1 is 1.37 bits per heavy atom. The largest absolute Gasteiger partial charge is 0.382 e.